The van der Waals surface area contributed by atoms with Gasteiger partial charge in [0.1, 0.15) is 0 Å². The molecule has 0 spiro atoms. The third kappa shape index (κ3) is 3.64. The highest BCUT2D eigenvalue weighted by Crippen LogP contribution is 2.40. The van der Waals surface area contributed by atoms with Crippen molar-refractivity contribution < 1.29 is 19.1 Å². The van der Waals surface area contributed by atoms with Crippen molar-refractivity contribution in [2.45, 2.75) is 38.8 Å². The van der Waals surface area contributed by atoms with E-state index < -0.39 is 0 Å². The highest BCUT2D eigenvalue weighted by atomic mass is 16.5. The maximum absolute atomic E-state index is 13.5. The van der Waals surface area contributed by atoms with Crippen LogP contribution in [0.15, 0.2) is 30.6 Å². The molecule has 2 aromatic rings. The molecule has 1 aromatic heterocycles. The second-order valence-corrected chi connectivity index (χ2v) is 8.68. The number of amides is 2. The Morgan fingerprint density at radius 3 is 2.52 bits per heavy atom. The molecule has 0 bridgehead atoms. The lowest BCUT2D eigenvalue weighted by molar-refractivity contribution is -0.125. The van der Waals surface area contributed by atoms with Crippen molar-refractivity contribution in [3.8, 4) is 11.1 Å². The predicted molar refractivity (Wildman–Crippen MR) is 116 cm³/mol. The topological polar surface area (TPSA) is 76.9 Å². The second kappa shape index (κ2) is 8.09. The van der Waals surface area contributed by atoms with Crippen molar-refractivity contribution in [3.05, 3.63) is 30.6 Å². The van der Waals surface area contributed by atoms with Crippen molar-refractivity contribution in [2.24, 2.45) is 5.92 Å². The maximum atomic E-state index is 13.5. The largest absolute Gasteiger partial charge is 0.381 e. The molecular weight excluding hydrogens is 396 g/mol. The molecule has 0 saturated carbocycles. The van der Waals surface area contributed by atoms with Gasteiger partial charge in [-0.25, -0.2) is 0 Å². The van der Waals surface area contributed by atoms with Gasteiger partial charge in [-0.05, 0) is 37.5 Å². The second-order valence-electron chi connectivity index (χ2n) is 8.68. The van der Waals surface area contributed by atoms with Crippen LogP contribution in [0.2, 0.25) is 0 Å². The average Bonchev–Trinajstić information content (AvgIpc) is 3.20. The van der Waals surface area contributed by atoms with Gasteiger partial charge in [0.25, 0.3) is 0 Å². The fourth-order valence-electron chi connectivity index (χ4n) is 4.72. The molecule has 3 aliphatic rings. The number of hydrogen-bond donors (Lipinski definition) is 0. The molecule has 0 N–H and O–H groups in total. The molecule has 2 fully saturated rings. The summed E-state index contributed by atoms with van der Waals surface area (Å²) in [6, 6.07) is 6.18. The minimum absolute atomic E-state index is 0.0162. The van der Waals surface area contributed by atoms with Gasteiger partial charge in [-0.2, -0.15) is 5.10 Å². The molecule has 164 valence electrons. The quantitative estimate of drug-likeness (QED) is 0.757. The molecule has 0 radical (unpaired) electrons. The lowest BCUT2D eigenvalue weighted by Gasteiger charge is -2.42. The molecular formula is C23H28N4O4. The SMILES string of the molecule is CC(=O)N1c2ccc(-c3cnn(C4COC4)c3)cc2N(C(=O)C2CCOCC2)C[C@@H]1C. The van der Waals surface area contributed by atoms with Gasteiger partial charge in [0.05, 0.1) is 42.9 Å². The summed E-state index contributed by atoms with van der Waals surface area (Å²) in [5.41, 5.74) is 3.55. The molecule has 8 heteroatoms. The molecule has 0 unspecified atom stereocenters. The number of carbonyl (C=O) groups is 2. The minimum atomic E-state index is -0.0824. The summed E-state index contributed by atoms with van der Waals surface area (Å²) in [6.45, 7) is 6.67. The number of hydrogen-bond acceptors (Lipinski definition) is 5. The van der Waals surface area contributed by atoms with Gasteiger partial charge in [0.15, 0.2) is 0 Å². The number of benzene rings is 1. The summed E-state index contributed by atoms with van der Waals surface area (Å²) < 4.78 is 12.7. The molecule has 4 heterocycles. The van der Waals surface area contributed by atoms with Gasteiger partial charge in [-0.1, -0.05) is 6.07 Å². The van der Waals surface area contributed by atoms with E-state index >= 15 is 0 Å². The Kier molecular flexibility index (Phi) is 5.27. The lowest BCUT2D eigenvalue weighted by Crippen LogP contribution is -2.53. The van der Waals surface area contributed by atoms with Crippen LogP contribution >= 0.6 is 0 Å². The van der Waals surface area contributed by atoms with E-state index in [-0.39, 0.29) is 29.8 Å². The van der Waals surface area contributed by atoms with E-state index in [1.54, 1.807) is 11.8 Å². The number of carbonyl (C=O) groups excluding carboxylic acids is 2. The Labute approximate surface area is 181 Å². The normalized spacial score (nSPS) is 22.2. The fraction of sp³-hybridized carbons (Fsp3) is 0.522. The Balaban J connectivity index is 1.52. The first kappa shape index (κ1) is 20.2. The van der Waals surface area contributed by atoms with Crippen molar-refractivity contribution in [1.82, 2.24) is 9.78 Å². The van der Waals surface area contributed by atoms with Gasteiger partial charge in [-0.15, -0.1) is 0 Å². The number of ether oxygens (including phenoxy) is 2. The molecule has 2 amide bonds. The Morgan fingerprint density at radius 1 is 1.06 bits per heavy atom. The van der Waals surface area contributed by atoms with Crippen LogP contribution in [0.3, 0.4) is 0 Å². The lowest BCUT2D eigenvalue weighted by atomic mass is 9.96. The monoisotopic (exact) mass is 424 g/mol. The van der Waals surface area contributed by atoms with Crippen molar-refractivity contribution >= 4 is 23.2 Å². The molecule has 0 aliphatic carbocycles. The average molecular weight is 425 g/mol. The van der Waals surface area contributed by atoms with E-state index in [2.05, 4.69) is 5.10 Å². The van der Waals surface area contributed by atoms with Gasteiger partial charge in [-0.3, -0.25) is 14.3 Å². The highest BCUT2D eigenvalue weighted by molar-refractivity contribution is 6.05. The Bertz CT molecular complexity index is 993. The zero-order chi connectivity index (χ0) is 21.5. The van der Waals surface area contributed by atoms with E-state index in [9.17, 15) is 9.59 Å². The van der Waals surface area contributed by atoms with Gasteiger partial charge in [0.2, 0.25) is 11.8 Å². The van der Waals surface area contributed by atoms with Gasteiger partial charge < -0.3 is 19.3 Å². The van der Waals surface area contributed by atoms with Gasteiger partial charge in [0, 0.05) is 44.4 Å². The molecule has 5 rings (SSSR count). The minimum Gasteiger partial charge on any atom is -0.381 e. The molecule has 31 heavy (non-hydrogen) atoms. The molecule has 1 atom stereocenters. The van der Waals surface area contributed by atoms with Gasteiger partial charge >= 0.3 is 0 Å². The van der Waals surface area contributed by atoms with Crippen LogP contribution in [0.4, 0.5) is 11.4 Å². The predicted octanol–water partition coefficient (Wildman–Crippen LogP) is 2.64. The summed E-state index contributed by atoms with van der Waals surface area (Å²) in [5, 5.41) is 4.49. The number of nitrogens with zero attached hydrogens (tertiary/aromatic N) is 4. The van der Waals surface area contributed by atoms with E-state index in [4.69, 9.17) is 9.47 Å². The van der Waals surface area contributed by atoms with E-state index in [0.717, 1.165) is 35.3 Å². The molecule has 1 aromatic carbocycles. The van der Waals surface area contributed by atoms with Crippen LogP contribution in [0.5, 0.6) is 0 Å². The molecule has 8 nitrogen and oxygen atoms in total. The molecule has 3 aliphatic heterocycles. The van der Waals surface area contributed by atoms with E-state index in [0.29, 0.717) is 33.0 Å². The summed E-state index contributed by atoms with van der Waals surface area (Å²) >= 11 is 0. The zero-order valence-corrected chi connectivity index (χ0v) is 18.0. The maximum Gasteiger partial charge on any atom is 0.230 e. The van der Waals surface area contributed by atoms with Crippen LogP contribution in [0.25, 0.3) is 11.1 Å². The Morgan fingerprint density at radius 2 is 1.84 bits per heavy atom. The van der Waals surface area contributed by atoms with Crippen LogP contribution in [-0.2, 0) is 19.1 Å². The number of aromatic nitrogens is 2. The third-order valence-electron chi connectivity index (χ3n) is 6.52. The van der Waals surface area contributed by atoms with Crippen LogP contribution < -0.4 is 9.80 Å². The summed E-state index contributed by atoms with van der Waals surface area (Å²) in [5.74, 6) is 0.0687. The van der Waals surface area contributed by atoms with Crippen LogP contribution in [-0.4, -0.2) is 60.6 Å². The summed E-state index contributed by atoms with van der Waals surface area (Å²) in [6.07, 6.45) is 5.35. The Hall–Kier alpha value is -2.71. The first-order valence-electron chi connectivity index (χ1n) is 11.0. The summed E-state index contributed by atoms with van der Waals surface area (Å²) in [7, 11) is 0. The fourth-order valence-corrected chi connectivity index (χ4v) is 4.72. The number of anilines is 2. The molecule has 2 saturated heterocycles. The third-order valence-corrected chi connectivity index (χ3v) is 6.52. The number of rotatable bonds is 3. The highest BCUT2D eigenvalue weighted by Gasteiger charge is 2.36. The van der Waals surface area contributed by atoms with E-state index in [1.807, 2.05) is 47.1 Å². The zero-order valence-electron chi connectivity index (χ0n) is 18.0. The van der Waals surface area contributed by atoms with Crippen LogP contribution in [0.1, 0.15) is 32.7 Å². The van der Waals surface area contributed by atoms with Crippen LogP contribution in [0, 0.1) is 5.92 Å². The first-order valence-corrected chi connectivity index (χ1v) is 11.0. The van der Waals surface area contributed by atoms with Crippen molar-refractivity contribution in [3.63, 3.8) is 0 Å². The first-order chi connectivity index (χ1) is 15.0. The van der Waals surface area contributed by atoms with Crippen molar-refractivity contribution in [1.29, 1.82) is 0 Å². The smallest absolute Gasteiger partial charge is 0.230 e. The standard InChI is InChI=1S/C23H28N4O4/c1-15-11-25(23(29)17-5-7-30-8-6-17)22-9-18(3-4-21(22)27(15)16(2)28)19-10-24-26(12-19)20-13-31-14-20/h3-4,9-10,12,15,17,20H,5-8,11,13-14H2,1-2H3/t15-/m0/s1. The number of fused-ring (bicyclic) bond motifs is 1. The van der Waals surface area contributed by atoms with E-state index in [1.165, 1.54) is 0 Å². The van der Waals surface area contributed by atoms with Crippen molar-refractivity contribution in [2.75, 3.05) is 42.8 Å². The summed E-state index contributed by atoms with van der Waals surface area (Å²) in [4.78, 5) is 29.5.